The number of hydrogen-bond acceptors (Lipinski definition) is 2. The first-order valence-corrected chi connectivity index (χ1v) is 6.02. The molecule has 0 saturated carbocycles. The fourth-order valence-corrected chi connectivity index (χ4v) is 2.20. The van der Waals surface area contributed by atoms with Crippen molar-refractivity contribution in [2.45, 2.75) is 0 Å². The molecule has 2 nitrogen and oxygen atoms in total. The molecule has 18 heavy (non-hydrogen) atoms. The molecule has 2 aromatic carbocycles. The number of nitrogens with two attached hydrogens (primary N) is 1. The lowest BCUT2D eigenvalue weighted by Crippen LogP contribution is -2.23. The van der Waals surface area contributed by atoms with Crippen molar-refractivity contribution in [3.8, 4) is 0 Å². The first-order valence-electron chi connectivity index (χ1n) is 6.02. The Balaban J connectivity index is 2.61. The van der Waals surface area contributed by atoms with Crippen molar-refractivity contribution < 1.29 is 0 Å². The van der Waals surface area contributed by atoms with Crippen LogP contribution in [0.4, 0.5) is 11.4 Å². The summed E-state index contributed by atoms with van der Waals surface area (Å²) in [6.07, 6.45) is 3.78. The van der Waals surface area contributed by atoms with Crippen LogP contribution in [0.2, 0.25) is 0 Å². The zero-order valence-electron chi connectivity index (χ0n) is 10.5. The highest BCUT2D eigenvalue weighted by molar-refractivity contribution is 6.02. The van der Waals surface area contributed by atoms with Crippen molar-refractivity contribution in [3.05, 3.63) is 61.7 Å². The molecule has 0 fully saturated rings. The van der Waals surface area contributed by atoms with Crippen molar-refractivity contribution in [1.29, 1.82) is 0 Å². The molecule has 0 unspecified atom stereocenters. The van der Waals surface area contributed by atoms with Gasteiger partial charge in [0.15, 0.2) is 0 Å². The van der Waals surface area contributed by atoms with Gasteiger partial charge in [-0.3, -0.25) is 0 Å². The lowest BCUT2D eigenvalue weighted by molar-refractivity contribution is 0.963. The Labute approximate surface area is 108 Å². The second-order valence-corrected chi connectivity index (χ2v) is 4.20. The summed E-state index contributed by atoms with van der Waals surface area (Å²) in [7, 11) is 0. The van der Waals surface area contributed by atoms with Crippen LogP contribution >= 0.6 is 0 Å². The first kappa shape index (κ1) is 12.2. The van der Waals surface area contributed by atoms with Crippen LogP contribution in [-0.4, -0.2) is 13.1 Å². The maximum Gasteiger partial charge on any atom is 0.0472 e. The summed E-state index contributed by atoms with van der Waals surface area (Å²) in [6, 6.07) is 12.2. The number of fused-ring (bicyclic) bond motifs is 1. The van der Waals surface area contributed by atoms with Gasteiger partial charge in [-0.1, -0.05) is 36.4 Å². The van der Waals surface area contributed by atoms with Crippen LogP contribution in [-0.2, 0) is 0 Å². The predicted molar refractivity (Wildman–Crippen MR) is 81.0 cm³/mol. The molecule has 2 rings (SSSR count). The lowest BCUT2D eigenvalue weighted by atomic mass is 10.1. The molecule has 0 aliphatic heterocycles. The van der Waals surface area contributed by atoms with Gasteiger partial charge in [0.05, 0.1) is 0 Å². The maximum absolute atomic E-state index is 6.11. The van der Waals surface area contributed by atoms with Crippen molar-refractivity contribution in [2.24, 2.45) is 0 Å². The van der Waals surface area contributed by atoms with E-state index in [-0.39, 0.29) is 0 Å². The van der Waals surface area contributed by atoms with Gasteiger partial charge in [0.25, 0.3) is 0 Å². The molecule has 92 valence electrons. The minimum atomic E-state index is 0.777. The van der Waals surface area contributed by atoms with Gasteiger partial charge in [-0.15, -0.1) is 13.2 Å². The van der Waals surface area contributed by atoms with E-state index < -0.39 is 0 Å². The molecule has 0 amide bonds. The molecule has 2 N–H and O–H groups in total. The van der Waals surface area contributed by atoms with Crippen molar-refractivity contribution in [1.82, 2.24) is 0 Å². The molecular formula is C16H18N2. The van der Waals surface area contributed by atoms with Crippen LogP contribution < -0.4 is 10.6 Å². The van der Waals surface area contributed by atoms with Crippen LogP contribution in [0.1, 0.15) is 0 Å². The first-order chi connectivity index (χ1) is 8.77. The van der Waals surface area contributed by atoms with E-state index >= 15 is 0 Å². The van der Waals surface area contributed by atoms with Crippen LogP contribution in [0.25, 0.3) is 10.8 Å². The Morgan fingerprint density at radius 2 is 1.61 bits per heavy atom. The zero-order valence-corrected chi connectivity index (χ0v) is 10.5. The quantitative estimate of drug-likeness (QED) is 0.637. The van der Waals surface area contributed by atoms with E-state index in [1.165, 1.54) is 0 Å². The van der Waals surface area contributed by atoms with Gasteiger partial charge in [0.2, 0.25) is 0 Å². The highest BCUT2D eigenvalue weighted by Gasteiger charge is 2.09. The molecule has 0 radical (unpaired) electrons. The van der Waals surface area contributed by atoms with Gasteiger partial charge < -0.3 is 10.6 Å². The molecule has 2 heteroatoms. The number of nitrogens with zero attached hydrogens (tertiary/aromatic N) is 1. The summed E-state index contributed by atoms with van der Waals surface area (Å²) in [5.41, 5.74) is 8.05. The van der Waals surface area contributed by atoms with Crippen LogP contribution in [0, 0.1) is 0 Å². The van der Waals surface area contributed by atoms with E-state index in [2.05, 4.69) is 42.3 Å². The van der Waals surface area contributed by atoms with Crippen LogP contribution in [0.3, 0.4) is 0 Å². The van der Waals surface area contributed by atoms with Gasteiger partial charge in [0, 0.05) is 29.9 Å². The Kier molecular flexibility index (Phi) is 3.68. The molecule has 0 heterocycles. The molecule has 0 aliphatic rings. The number of anilines is 2. The standard InChI is InChI=1S/C16H18N2/c1-3-11-18(12-4-2)15-10-6-8-13-7-5-9-14(17)16(13)15/h3-10H,1-2,11-12,17H2. The van der Waals surface area contributed by atoms with Gasteiger partial charge in [-0.2, -0.15) is 0 Å². The summed E-state index contributed by atoms with van der Waals surface area (Å²) in [6.45, 7) is 9.16. The molecule has 0 aliphatic carbocycles. The van der Waals surface area contributed by atoms with Gasteiger partial charge in [-0.05, 0) is 17.5 Å². The normalized spacial score (nSPS) is 10.2. The predicted octanol–water partition coefficient (Wildman–Crippen LogP) is 3.60. The second kappa shape index (κ2) is 5.41. The third kappa shape index (κ3) is 2.23. The Morgan fingerprint density at radius 3 is 2.22 bits per heavy atom. The summed E-state index contributed by atoms with van der Waals surface area (Å²) in [4.78, 5) is 2.21. The number of hydrogen-bond donors (Lipinski definition) is 1. The Morgan fingerprint density at radius 1 is 1.00 bits per heavy atom. The van der Waals surface area contributed by atoms with E-state index in [9.17, 15) is 0 Å². The minimum absolute atomic E-state index is 0.777. The van der Waals surface area contributed by atoms with Crippen molar-refractivity contribution in [3.63, 3.8) is 0 Å². The van der Waals surface area contributed by atoms with Crippen molar-refractivity contribution >= 4 is 22.1 Å². The zero-order chi connectivity index (χ0) is 13.0. The summed E-state index contributed by atoms with van der Waals surface area (Å²) >= 11 is 0. The van der Waals surface area contributed by atoms with Gasteiger partial charge in [0.1, 0.15) is 0 Å². The molecule has 0 bridgehead atoms. The smallest absolute Gasteiger partial charge is 0.0472 e. The summed E-state index contributed by atoms with van der Waals surface area (Å²) in [5.74, 6) is 0. The minimum Gasteiger partial charge on any atom is -0.398 e. The van der Waals surface area contributed by atoms with E-state index in [0.717, 1.165) is 35.2 Å². The van der Waals surface area contributed by atoms with Gasteiger partial charge >= 0.3 is 0 Å². The van der Waals surface area contributed by atoms with Gasteiger partial charge in [-0.25, -0.2) is 0 Å². The molecule has 0 saturated heterocycles. The highest BCUT2D eigenvalue weighted by Crippen LogP contribution is 2.31. The number of rotatable bonds is 5. The lowest BCUT2D eigenvalue weighted by Gasteiger charge is -2.24. The highest BCUT2D eigenvalue weighted by atomic mass is 15.1. The Bertz CT molecular complexity index is 557. The summed E-state index contributed by atoms with van der Waals surface area (Å²) in [5, 5.41) is 2.26. The second-order valence-electron chi connectivity index (χ2n) is 4.20. The van der Waals surface area contributed by atoms with E-state index in [4.69, 9.17) is 5.73 Å². The molecular weight excluding hydrogens is 220 g/mol. The summed E-state index contributed by atoms with van der Waals surface area (Å²) < 4.78 is 0. The fraction of sp³-hybridized carbons (Fsp3) is 0.125. The average Bonchev–Trinajstić information content (AvgIpc) is 2.38. The largest absolute Gasteiger partial charge is 0.398 e. The van der Waals surface area contributed by atoms with Crippen LogP contribution in [0.15, 0.2) is 61.7 Å². The van der Waals surface area contributed by atoms with Crippen molar-refractivity contribution in [2.75, 3.05) is 23.7 Å². The van der Waals surface area contributed by atoms with E-state index in [0.29, 0.717) is 0 Å². The molecule has 0 atom stereocenters. The average molecular weight is 238 g/mol. The topological polar surface area (TPSA) is 29.3 Å². The SMILES string of the molecule is C=CCN(CC=C)c1cccc2cccc(N)c12. The maximum atomic E-state index is 6.11. The van der Waals surface area contributed by atoms with E-state index in [1.807, 2.05) is 24.3 Å². The number of nitrogen functional groups attached to an aromatic ring is 1. The number of benzene rings is 2. The third-order valence-electron chi connectivity index (χ3n) is 2.95. The van der Waals surface area contributed by atoms with E-state index in [1.54, 1.807) is 0 Å². The molecule has 0 aromatic heterocycles. The Hall–Kier alpha value is -2.22. The monoisotopic (exact) mass is 238 g/mol. The molecule has 2 aromatic rings. The molecule has 0 spiro atoms. The van der Waals surface area contributed by atoms with Crippen LogP contribution in [0.5, 0.6) is 0 Å². The fourth-order valence-electron chi connectivity index (χ4n) is 2.20. The third-order valence-corrected chi connectivity index (χ3v) is 2.95.